The van der Waals surface area contributed by atoms with E-state index in [1.165, 1.54) is 0 Å². The summed E-state index contributed by atoms with van der Waals surface area (Å²) in [7, 11) is 3.41. The minimum absolute atomic E-state index is 0.337. The topological polar surface area (TPSA) is 52.9 Å². The molecule has 0 saturated carbocycles. The van der Waals surface area contributed by atoms with Gasteiger partial charge in [-0.2, -0.15) is 0 Å². The molecule has 4 heteroatoms. The summed E-state index contributed by atoms with van der Waals surface area (Å²) in [6, 6.07) is 0. The molecule has 0 rings (SSSR count). The number of aliphatic hydroxyl groups is 2. The Hall–Kier alpha value is -0.160. The zero-order valence-corrected chi connectivity index (χ0v) is 8.03. The van der Waals surface area contributed by atoms with Crippen LogP contribution in [0.2, 0.25) is 0 Å². The normalized spacial score (nSPS) is 16.5. The maximum atomic E-state index is 9.28. The van der Waals surface area contributed by atoms with Crippen LogP contribution in [0, 0.1) is 0 Å². The number of likely N-dealkylation sites (N-methyl/N-ethyl adjacent to an activating group) is 1. The number of aliphatic hydroxyl groups excluding tert-OH is 2. The molecule has 74 valence electrons. The lowest BCUT2D eigenvalue weighted by atomic mass is 10.3. The summed E-state index contributed by atoms with van der Waals surface area (Å²) in [5, 5.41) is 18.3. The molecule has 0 aliphatic heterocycles. The van der Waals surface area contributed by atoms with E-state index in [1.54, 1.807) is 14.0 Å². The maximum Gasteiger partial charge on any atom is 0.0899 e. The highest BCUT2D eigenvalue weighted by Gasteiger charge is 2.08. The number of methoxy groups -OCH3 is 1. The van der Waals surface area contributed by atoms with Gasteiger partial charge in [0.25, 0.3) is 0 Å². The van der Waals surface area contributed by atoms with Gasteiger partial charge in [-0.05, 0) is 14.0 Å². The van der Waals surface area contributed by atoms with Crippen LogP contribution in [0.1, 0.15) is 6.92 Å². The van der Waals surface area contributed by atoms with Crippen molar-refractivity contribution < 1.29 is 14.9 Å². The van der Waals surface area contributed by atoms with E-state index < -0.39 is 6.10 Å². The van der Waals surface area contributed by atoms with Gasteiger partial charge in [0.2, 0.25) is 0 Å². The molecule has 0 amide bonds. The van der Waals surface area contributed by atoms with Gasteiger partial charge in [0.1, 0.15) is 0 Å². The lowest BCUT2D eigenvalue weighted by molar-refractivity contribution is 0.0340. The predicted molar refractivity (Wildman–Crippen MR) is 47.1 cm³/mol. The van der Waals surface area contributed by atoms with Gasteiger partial charge < -0.3 is 19.8 Å². The van der Waals surface area contributed by atoms with Gasteiger partial charge in [-0.25, -0.2) is 0 Å². The molecule has 0 aromatic heterocycles. The smallest absolute Gasteiger partial charge is 0.0899 e. The Bertz CT molecular complexity index is 108. The molecule has 0 heterocycles. The van der Waals surface area contributed by atoms with E-state index in [-0.39, 0.29) is 6.10 Å². The van der Waals surface area contributed by atoms with Crippen molar-refractivity contribution >= 4 is 0 Å². The van der Waals surface area contributed by atoms with Crippen LogP contribution in [0.5, 0.6) is 0 Å². The van der Waals surface area contributed by atoms with Crippen molar-refractivity contribution in [3.63, 3.8) is 0 Å². The van der Waals surface area contributed by atoms with Crippen molar-refractivity contribution in [1.82, 2.24) is 4.90 Å². The predicted octanol–water partition coefficient (Wildman–Crippen LogP) is -0.694. The van der Waals surface area contributed by atoms with E-state index in [1.807, 2.05) is 11.9 Å². The van der Waals surface area contributed by atoms with Gasteiger partial charge in [-0.1, -0.05) is 0 Å². The minimum Gasteiger partial charge on any atom is -0.392 e. The second kappa shape index (κ2) is 6.37. The Labute approximate surface area is 73.8 Å². The van der Waals surface area contributed by atoms with Crippen molar-refractivity contribution in [2.75, 3.05) is 33.9 Å². The number of ether oxygens (including phenoxy) is 1. The molecular formula is C8H19NO3. The first-order valence-electron chi connectivity index (χ1n) is 4.10. The second-order valence-electron chi connectivity index (χ2n) is 3.18. The zero-order chi connectivity index (χ0) is 9.56. The summed E-state index contributed by atoms with van der Waals surface area (Å²) in [5.74, 6) is 0. The maximum absolute atomic E-state index is 9.28. The van der Waals surface area contributed by atoms with Gasteiger partial charge in [-0.3, -0.25) is 0 Å². The summed E-state index contributed by atoms with van der Waals surface area (Å²) in [6.07, 6.45) is -0.830. The van der Waals surface area contributed by atoms with Crippen LogP contribution in [-0.2, 0) is 4.74 Å². The quantitative estimate of drug-likeness (QED) is 0.563. The lowest BCUT2D eigenvalue weighted by Crippen LogP contribution is -2.35. The van der Waals surface area contributed by atoms with E-state index in [4.69, 9.17) is 9.84 Å². The molecule has 2 unspecified atom stereocenters. The highest BCUT2D eigenvalue weighted by atomic mass is 16.5. The Kier molecular flexibility index (Phi) is 6.28. The molecule has 0 aromatic carbocycles. The number of hydrogen-bond acceptors (Lipinski definition) is 4. The van der Waals surface area contributed by atoms with Crippen LogP contribution in [0.15, 0.2) is 0 Å². The van der Waals surface area contributed by atoms with E-state index in [0.29, 0.717) is 19.7 Å². The first-order valence-corrected chi connectivity index (χ1v) is 4.10. The monoisotopic (exact) mass is 177 g/mol. The lowest BCUT2D eigenvalue weighted by Gasteiger charge is -2.21. The van der Waals surface area contributed by atoms with E-state index in [2.05, 4.69) is 0 Å². The molecule has 0 radical (unpaired) electrons. The second-order valence-corrected chi connectivity index (χ2v) is 3.18. The van der Waals surface area contributed by atoms with Crippen molar-refractivity contribution in [2.24, 2.45) is 0 Å². The van der Waals surface area contributed by atoms with E-state index in [9.17, 15) is 5.11 Å². The van der Waals surface area contributed by atoms with Crippen molar-refractivity contribution in [1.29, 1.82) is 0 Å². The van der Waals surface area contributed by atoms with E-state index in [0.717, 1.165) is 0 Å². The Morgan fingerprint density at radius 2 is 1.92 bits per heavy atom. The SMILES string of the molecule is COCC(O)CN(C)CC(C)O. The van der Waals surface area contributed by atoms with Crippen LogP contribution in [0.3, 0.4) is 0 Å². The van der Waals surface area contributed by atoms with Gasteiger partial charge >= 0.3 is 0 Å². The fourth-order valence-corrected chi connectivity index (χ4v) is 1.13. The fraction of sp³-hybridized carbons (Fsp3) is 1.00. The highest BCUT2D eigenvalue weighted by Crippen LogP contribution is 1.92. The summed E-state index contributed by atoms with van der Waals surface area (Å²) in [5.41, 5.74) is 0. The first kappa shape index (κ1) is 11.8. The molecule has 0 aliphatic carbocycles. The molecule has 12 heavy (non-hydrogen) atoms. The standard InChI is InChI=1S/C8H19NO3/c1-7(10)4-9(2)5-8(11)6-12-3/h7-8,10-11H,4-6H2,1-3H3. The molecule has 0 saturated heterocycles. The fourth-order valence-electron chi connectivity index (χ4n) is 1.13. The third kappa shape index (κ3) is 6.54. The Morgan fingerprint density at radius 3 is 2.33 bits per heavy atom. The molecular weight excluding hydrogens is 158 g/mol. The minimum atomic E-state index is -0.473. The summed E-state index contributed by atoms with van der Waals surface area (Å²) >= 11 is 0. The van der Waals surface area contributed by atoms with Crippen LogP contribution in [0.25, 0.3) is 0 Å². The number of rotatable bonds is 6. The van der Waals surface area contributed by atoms with Crippen molar-refractivity contribution in [3.05, 3.63) is 0 Å². The molecule has 4 nitrogen and oxygen atoms in total. The summed E-state index contributed by atoms with van der Waals surface area (Å²) in [6.45, 7) is 3.16. The first-order chi connectivity index (χ1) is 5.56. The summed E-state index contributed by atoms with van der Waals surface area (Å²) < 4.78 is 4.77. The third-order valence-corrected chi connectivity index (χ3v) is 1.46. The average Bonchev–Trinajstić information content (AvgIpc) is 1.84. The molecule has 0 aliphatic rings. The summed E-state index contributed by atoms with van der Waals surface area (Å²) in [4.78, 5) is 1.87. The van der Waals surface area contributed by atoms with Crippen LogP contribution in [-0.4, -0.2) is 61.2 Å². The van der Waals surface area contributed by atoms with Gasteiger partial charge in [-0.15, -0.1) is 0 Å². The third-order valence-electron chi connectivity index (χ3n) is 1.46. The van der Waals surface area contributed by atoms with Crippen LogP contribution >= 0.6 is 0 Å². The van der Waals surface area contributed by atoms with Crippen LogP contribution in [0.4, 0.5) is 0 Å². The molecule has 0 aromatic rings. The molecule has 0 fully saturated rings. The van der Waals surface area contributed by atoms with Crippen molar-refractivity contribution in [3.8, 4) is 0 Å². The molecule has 0 spiro atoms. The molecule has 0 bridgehead atoms. The Balaban J connectivity index is 3.46. The number of hydrogen-bond donors (Lipinski definition) is 2. The highest BCUT2D eigenvalue weighted by molar-refractivity contribution is 4.62. The van der Waals surface area contributed by atoms with Gasteiger partial charge in [0.15, 0.2) is 0 Å². The van der Waals surface area contributed by atoms with Gasteiger partial charge in [0, 0.05) is 20.2 Å². The average molecular weight is 177 g/mol. The van der Waals surface area contributed by atoms with Crippen molar-refractivity contribution in [2.45, 2.75) is 19.1 Å². The molecule has 2 N–H and O–H groups in total. The largest absolute Gasteiger partial charge is 0.392 e. The number of nitrogens with zero attached hydrogens (tertiary/aromatic N) is 1. The molecule has 2 atom stereocenters. The van der Waals surface area contributed by atoms with E-state index >= 15 is 0 Å². The van der Waals surface area contributed by atoms with Crippen LogP contribution < -0.4 is 0 Å². The zero-order valence-electron chi connectivity index (χ0n) is 8.03. The Morgan fingerprint density at radius 1 is 1.33 bits per heavy atom. The van der Waals surface area contributed by atoms with Gasteiger partial charge in [0.05, 0.1) is 18.8 Å².